The number of rotatable bonds is 8. The van der Waals surface area contributed by atoms with Crippen molar-refractivity contribution in [1.29, 1.82) is 0 Å². The lowest BCUT2D eigenvalue weighted by atomic mass is 9.86. The molecule has 2 aromatic carbocycles. The van der Waals surface area contributed by atoms with Crippen LogP contribution < -0.4 is 9.88 Å². The lowest BCUT2D eigenvalue weighted by molar-refractivity contribution is 0.0520. The number of carbonyl (C=O) groups is 1. The predicted molar refractivity (Wildman–Crippen MR) is 146 cm³/mol. The van der Waals surface area contributed by atoms with E-state index in [-0.39, 0.29) is 23.1 Å². The topological polar surface area (TPSA) is 130 Å². The van der Waals surface area contributed by atoms with Crippen molar-refractivity contribution < 1.29 is 23.0 Å². The largest absolute Gasteiger partial charge is 0.461 e. The fourth-order valence-electron chi connectivity index (χ4n) is 4.66. The Kier molecular flexibility index (Phi) is 7.70. The number of hydrogen-bond donors (Lipinski definition) is 2. The number of aromatic nitrogens is 3. The first-order valence-corrected chi connectivity index (χ1v) is 14.9. The molecule has 0 radical (unpaired) electrons. The van der Waals surface area contributed by atoms with Gasteiger partial charge in [0.15, 0.2) is 11.4 Å². The molecule has 0 aliphatic heterocycles. The molecule has 1 aliphatic rings. The molecular formula is C27H29N4O5S2+. The Hall–Kier alpha value is -3.38. The minimum atomic E-state index is -3.58. The first kappa shape index (κ1) is 26.2. The van der Waals surface area contributed by atoms with E-state index < -0.39 is 16.4 Å². The Morgan fingerprint density at radius 1 is 1.13 bits per heavy atom. The van der Waals surface area contributed by atoms with Gasteiger partial charge in [0.25, 0.3) is 0 Å². The van der Waals surface area contributed by atoms with E-state index in [1.165, 1.54) is 29.9 Å². The van der Waals surface area contributed by atoms with Gasteiger partial charge in [0.1, 0.15) is 11.4 Å². The smallest absolute Gasteiger partial charge is 0.357 e. The molecule has 0 bridgehead atoms. The zero-order valence-corrected chi connectivity index (χ0v) is 22.5. The van der Waals surface area contributed by atoms with E-state index >= 15 is 0 Å². The highest BCUT2D eigenvalue weighted by molar-refractivity contribution is 7.95. The lowest BCUT2D eigenvalue weighted by Gasteiger charge is -2.23. The third kappa shape index (κ3) is 5.56. The molecule has 1 atom stereocenters. The predicted octanol–water partition coefficient (Wildman–Crippen LogP) is 6.22. The van der Waals surface area contributed by atoms with Gasteiger partial charge in [-0.25, -0.2) is 14.5 Å². The molecule has 11 heteroatoms. The molecule has 1 saturated carbocycles. The van der Waals surface area contributed by atoms with Gasteiger partial charge in [-0.05, 0) is 36.1 Å². The fourth-order valence-corrected chi connectivity index (χ4v) is 5.95. The third-order valence-corrected chi connectivity index (χ3v) is 8.22. The van der Waals surface area contributed by atoms with Gasteiger partial charge in [-0.3, -0.25) is 0 Å². The highest BCUT2D eigenvalue weighted by atomic mass is 32.3. The van der Waals surface area contributed by atoms with Crippen LogP contribution in [-0.2, 0) is 19.3 Å². The quantitative estimate of drug-likeness (QED) is 0.196. The summed E-state index contributed by atoms with van der Waals surface area (Å²) in [7, 11) is -3.58. The Morgan fingerprint density at radius 2 is 1.84 bits per heavy atom. The van der Waals surface area contributed by atoms with Gasteiger partial charge in [0, 0.05) is 29.0 Å². The molecule has 9 nitrogen and oxygen atoms in total. The summed E-state index contributed by atoms with van der Waals surface area (Å²) in [5, 5.41) is 12.6. The monoisotopic (exact) mass is 553 g/mol. The molecule has 38 heavy (non-hydrogen) atoms. The zero-order valence-electron chi connectivity index (χ0n) is 20.9. The van der Waals surface area contributed by atoms with Crippen LogP contribution in [0.25, 0.3) is 16.4 Å². The third-order valence-electron chi connectivity index (χ3n) is 6.45. The average Bonchev–Trinajstić information content (AvgIpc) is 3.55. The van der Waals surface area contributed by atoms with Crippen molar-refractivity contribution in [3.63, 3.8) is 0 Å². The van der Waals surface area contributed by atoms with E-state index in [9.17, 15) is 13.6 Å². The SMILES string of the molecule is CCOC(=O)c1csc(-n2nc(-c3ccccc3)c(Oc3ccc([S+](N)(=O)O)cc3)c2C2CCCCC2)n1. The number of nitrogens with two attached hydrogens (primary N) is 1. The number of benzene rings is 2. The number of thiazole rings is 1. The maximum atomic E-state index is 12.3. The van der Waals surface area contributed by atoms with Crippen LogP contribution in [-0.4, -0.2) is 31.9 Å². The summed E-state index contributed by atoms with van der Waals surface area (Å²) in [6, 6.07) is 16.0. The van der Waals surface area contributed by atoms with Gasteiger partial charge < -0.3 is 9.47 Å². The molecule has 2 heterocycles. The molecule has 0 saturated heterocycles. The summed E-state index contributed by atoms with van der Waals surface area (Å²) in [5.41, 5.74) is 2.65. The summed E-state index contributed by atoms with van der Waals surface area (Å²) in [6.07, 6.45) is 5.32. The van der Waals surface area contributed by atoms with Crippen molar-refractivity contribution in [2.75, 3.05) is 6.61 Å². The standard InChI is InChI=1S/C27H28N4O5S2/c1-2-35-26(32)22-17-37-27(29-22)31-24(19-11-7-4-8-12-19)25(23(30-31)18-9-5-3-6-10-18)36-20-13-15-21(16-14-20)38(28,33)34/h3,5-6,9-10,13-17,19H,2,4,7-8,11-12H2,1H3,(H2-,28,33,34)/p+1. The van der Waals surface area contributed by atoms with Crippen LogP contribution in [0.4, 0.5) is 0 Å². The second kappa shape index (κ2) is 11.2. The Balaban J connectivity index is 1.65. The van der Waals surface area contributed by atoms with Crippen molar-refractivity contribution in [3.8, 4) is 27.9 Å². The number of hydrogen-bond acceptors (Lipinski definition) is 7. The van der Waals surface area contributed by atoms with E-state index in [2.05, 4.69) is 4.98 Å². The number of nitrogens with zero attached hydrogens (tertiary/aromatic N) is 3. The van der Waals surface area contributed by atoms with Crippen molar-refractivity contribution >= 4 is 27.7 Å². The van der Waals surface area contributed by atoms with Crippen LogP contribution in [0.2, 0.25) is 0 Å². The van der Waals surface area contributed by atoms with Gasteiger partial charge >= 0.3 is 16.4 Å². The summed E-state index contributed by atoms with van der Waals surface area (Å²) < 4.78 is 35.0. The van der Waals surface area contributed by atoms with Gasteiger partial charge in [-0.1, -0.05) is 49.6 Å². The van der Waals surface area contributed by atoms with Crippen molar-refractivity contribution in [1.82, 2.24) is 14.8 Å². The number of ether oxygens (including phenoxy) is 2. The minimum Gasteiger partial charge on any atom is -0.461 e. The molecule has 198 valence electrons. The highest BCUT2D eigenvalue weighted by Crippen LogP contribution is 2.45. The van der Waals surface area contributed by atoms with Crippen LogP contribution in [0, 0.1) is 0 Å². The van der Waals surface area contributed by atoms with E-state index in [1.807, 2.05) is 30.3 Å². The Morgan fingerprint density at radius 3 is 2.50 bits per heavy atom. The fraction of sp³-hybridized carbons (Fsp3) is 0.296. The van der Waals surface area contributed by atoms with Gasteiger partial charge in [-0.2, -0.15) is 9.65 Å². The second-order valence-electron chi connectivity index (χ2n) is 9.05. The summed E-state index contributed by atoms with van der Waals surface area (Å²) in [4.78, 5) is 17.0. The zero-order chi connectivity index (χ0) is 26.7. The molecule has 0 spiro atoms. The molecule has 1 unspecified atom stereocenters. The van der Waals surface area contributed by atoms with E-state index in [0.717, 1.165) is 36.9 Å². The summed E-state index contributed by atoms with van der Waals surface area (Å²) in [6.45, 7) is 2.03. The first-order valence-electron chi connectivity index (χ1n) is 12.5. The van der Waals surface area contributed by atoms with Gasteiger partial charge in [0.2, 0.25) is 10.0 Å². The van der Waals surface area contributed by atoms with Crippen LogP contribution in [0.5, 0.6) is 11.5 Å². The van der Waals surface area contributed by atoms with Gasteiger partial charge in [-0.15, -0.1) is 16.5 Å². The molecule has 1 aliphatic carbocycles. The van der Waals surface area contributed by atoms with Crippen molar-refractivity contribution in [2.24, 2.45) is 5.14 Å². The lowest BCUT2D eigenvalue weighted by Crippen LogP contribution is -2.20. The average molecular weight is 554 g/mol. The molecule has 3 N–H and O–H groups in total. The highest BCUT2D eigenvalue weighted by Gasteiger charge is 2.31. The molecular weight excluding hydrogens is 524 g/mol. The maximum Gasteiger partial charge on any atom is 0.357 e. The molecule has 5 rings (SSSR count). The van der Waals surface area contributed by atoms with Crippen molar-refractivity contribution in [2.45, 2.75) is 49.8 Å². The maximum absolute atomic E-state index is 12.3. The van der Waals surface area contributed by atoms with E-state index in [4.69, 9.17) is 19.7 Å². The minimum absolute atomic E-state index is 0.116. The van der Waals surface area contributed by atoms with Gasteiger partial charge in [0.05, 0.1) is 12.3 Å². The molecule has 4 aromatic rings. The van der Waals surface area contributed by atoms with Crippen LogP contribution in [0.3, 0.4) is 0 Å². The van der Waals surface area contributed by atoms with E-state index in [0.29, 0.717) is 22.3 Å². The van der Waals surface area contributed by atoms with Crippen LogP contribution in [0.15, 0.2) is 64.9 Å². The van der Waals surface area contributed by atoms with E-state index in [1.54, 1.807) is 29.1 Å². The first-order chi connectivity index (χ1) is 18.3. The number of esters is 1. The molecule has 2 aromatic heterocycles. The van der Waals surface area contributed by atoms with Crippen LogP contribution >= 0.6 is 11.3 Å². The summed E-state index contributed by atoms with van der Waals surface area (Å²) in [5.74, 6) is 0.790. The normalized spacial score (nSPS) is 15.7. The Labute approximate surface area is 226 Å². The van der Waals surface area contributed by atoms with Crippen molar-refractivity contribution in [3.05, 3.63) is 71.4 Å². The summed E-state index contributed by atoms with van der Waals surface area (Å²) >= 11 is 1.32. The Bertz CT molecular complexity index is 1450. The molecule has 1 fully saturated rings. The second-order valence-corrected chi connectivity index (χ2v) is 11.5. The van der Waals surface area contributed by atoms with Crippen LogP contribution in [0.1, 0.15) is 61.1 Å². The number of carbonyl (C=O) groups excluding carboxylic acids is 1. The molecule has 0 amide bonds.